The molecule has 0 unspecified atom stereocenters. The average molecular weight is 201 g/mol. The maximum Gasteiger partial charge on any atom is 0.341 e. The second-order valence-corrected chi connectivity index (χ2v) is 2.34. The molecule has 0 fully saturated rings. The Balaban J connectivity index is 3.31. The van der Waals surface area contributed by atoms with Gasteiger partial charge in [-0.25, -0.2) is 9.18 Å². The minimum absolute atomic E-state index is 0.184. The van der Waals surface area contributed by atoms with Gasteiger partial charge in [-0.2, -0.15) is 4.98 Å². The van der Waals surface area contributed by atoms with Crippen LogP contribution in [0, 0.1) is 5.82 Å². The Bertz CT molecular complexity index is 367. The van der Waals surface area contributed by atoms with Crippen LogP contribution in [0.1, 0.15) is 10.4 Å². The molecule has 0 aliphatic carbocycles. The number of carboxylic acids is 1. The van der Waals surface area contributed by atoms with E-state index in [1.807, 2.05) is 0 Å². The summed E-state index contributed by atoms with van der Waals surface area (Å²) in [7, 11) is 2.47. The van der Waals surface area contributed by atoms with Crippen LogP contribution in [0.15, 0.2) is 6.07 Å². The fourth-order valence-electron chi connectivity index (χ4n) is 0.908. The second kappa shape index (κ2) is 3.91. The smallest absolute Gasteiger partial charge is 0.341 e. The highest BCUT2D eigenvalue weighted by atomic mass is 19.1. The van der Waals surface area contributed by atoms with Crippen molar-refractivity contribution >= 4 is 5.97 Å². The van der Waals surface area contributed by atoms with Crippen molar-refractivity contribution in [2.45, 2.75) is 0 Å². The number of ether oxygens (including phenoxy) is 2. The van der Waals surface area contributed by atoms with Gasteiger partial charge in [0.05, 0.1) is 14.2 Å². The van der Waals surface area contributed by atoms with Crippen molar-refractivity contribution in [2.24, 2.45) is 0 Å². The van der Waals surface area contributed by atoms with Gasteiger partial charge in [0.2, 0.25) is 5.88 Å². The lowest BCUT2D eigenvalue weighted by molar-refractivity contribution is 0.0691. The normalized spacial score (nSPS) is 9.64. The summed E-state index contributed by atoms with van der Waals surface area (Å²) in [5.74, 6) is -2.63. The van der Waals surface area contributed by atoms with Crippen LogP contribution < -0.4 is 9.47 Å². The Labute approximate surface area is 79.1 Å². The number of hydrogen-bond donors (Lipinski definition) is 1. The Kier molecular flexibility index (Phi) is 2.85. The number of carboxylic acid groups (broad SMARTS) is 1. The monoisotopic (exact) mass is 201 g/mol. The van der Waals surface area contributed by atoms with Crippen LogP contribution in [-0.2, 0) is 0 Å². The maximum absolute atomic E-state index is 13.0. The molecule has 0 aliphatic rings. The predicted octanol–water partition coefficient (Wildman–Crippen LogP) is 0.936. The Morgan fingerprint density at radius 2 is 2.00 bits per heavy atom. The third-order valence-corrected chi connectivity index (χ3v) is 1.53. The van der Waals surface area contributed by atoms with Crippen LogP contribution in [0.3, 0.4) is 0 Å². The summed E-state index contributed by atoms with van der Waals surface area (Å²) in [5.41, 5.74) is -0.342. The molecule has 1 N–H and O–H groups in total. The standard InChI is InChI=1S/C8H8FNO4/c1-13-6-4(8(11)12)3-5(9)7(10-6)14-2/h3H,1-2H3,(H,11,12). The molecule has 1 aromatic rings. The molecule has 0 saturated carbocycles. The van der Waals surface area contributed by atoms with Gasteiger partial charge < -0.3 is 14.6 Å². The minimum Gasteiger partial charge on any atom is -0.480 e. The first kappa shape index (κ1) is 10.2. The average Bonchev–Trinajstić information content (AvgIpc) is 2.17. The summed E-state index contributed by atoms with van der Waals surface area (Å²) in [6, 6.07) is 0.799. The third-order valence-electron chi connectivity index (χ3n) is 1.53. The van der Waals surface area contributed by atoms with Gasteiger partial charge >= 0.3 is 5.97 Å². The highest BCUT2D eigenvalue weighted by Gasteiger charge is 2.17. The van der Waals surface area contributed by atoms with Crippen molar-refractivity contribution in [1.82, 2.24) is 4.98 Å². The second-order valence-electron chi connectivity index (χ2n) is 2.34. The van der Waals surface area contributed by atoms with Crippen molar-refractivity contribution < 1.29 is 23.8 Å². The molecule has 0 spiro atoms. The molecular formula is C8H8FNO4. The van der Waals surface area contributed by atoms with Crippen LogP contribution in [0.4, 0.5) is 4.39 Å². The summed E-state index contributed by atoms with van der Waals surface area (Å²) in [4.78, 5) is 14.1. The quantitative estimate of drug-likeness (QED) is 0.787. The van der Waals surface area contributed by atoms with Gasteiger partial charge in [0.15, 0.2) is 5.82 Å². The summed E-state index contributed by atoms with van der Waals surface area (Å²) < 4.78 is 22.2. The van der Waals surface area contributed by atoms with E-state index in [9.17, 15) is 9.18 Å². The lowest BCUT2D eigenvalue weighted by Crippen LogP contribution is -2.05. The number of pyridine rings is 1. The molecule has 1 rings (SSSR count). The zero-order chi connectivity index (χ0) is 10.7. The van der Waals surface area contributed by atoms with E-state index in [1.165, 1.54) is 14.2 Å². The number of aromatic nitrogens is 1. The molecule has 0 amide bonds. The first-order valence-corrected chi connectivity index (χ1v) is 3.62. The zero-order valence-corrected chi connectivity index (χ0v) is 7.57. The lowest BCUT2D eigenvalue weighted by atomic mass is 10.2. The van der Waals surface area contributed by atoms with Gasteiger partial charge in [0, 0.05) is 0 Å². The topological polar surface area (TPSA) is 68.7 Å². The number of nitrogens with zero attached hydrogens (tertiary/aromatic N) is 1. The molecule has 5 nitrogen and oxygen atoms in total. The number of methoxy groups -OCH3 is 2. The first-order valence-electron chi connectivity index (χ1n) is 3.62. The van der Waals surface area contributed by atoms with Crippen LogP contribution >= 0.6 is 0 Å². The molecule has 1 aromatic heterocycles. The summed E-state index contributed by atoms with van der Waals surface area (Å²) >= 11 is 0. The Morgan fingerprint density at radius 1 is 1.43 bits per heavy atom. The van der Waals surface area contributed by atoms with Crippen molar-refractivity contribution in [1.29, 1.82) is 0 Å². The van der Waals surface area contributed by atoms with Crippen LogP contribution in [0.2, 0.25) is 0 Å². The van der Waals surface area contributed by atoms with Gasteiger partial charge in [0.1, 0.15) is 5.56 Å². The van der Waals surface area contributed by atoms with E-state index in [2.05, 4.69) is 14.5 Å². The Morgan fingerprint density at radius 3 is 2.43 bits per heavy atom. The number of rotatable bonds is 3. The SMILES string of the molecule is COc1nc(OC)c(C(=O)O)cc1F. The van der Waals surface area contributed by atoms with E-state index in [-0.39, 0.29) is 17.3 Å². The lowest BCUT2D eigenvalue weighted by Gasteiger charge is -2.06. The molecule has 0 bridgehead atoms. The molecular weight excluding hydrogens is 193 g/mol. The fraction of sp³-hybridized carbons (Fsp3) is 0.250. The molecule has 0 saturated heterocycles. The first-order chi connectivity index (χ1) is 6.60. The fourth-order valence-corrected chi connectivity index (χ4v) is 0.908. The van der Waals surface area contributed by atoms with Crippen LogP contribution in [0.5, 0.6) is 11.8 Å². The van der Waals surface area contributed by atoms with Gasteiger partial charge in [0.25, 0.3) is 5.88 Å². The number of aromatic carboxylic acids is 1. The van der Waals surface area contributed by atoms with E-state index >= 15 is 0 Å². The van der Waals surface area contributed by atoms with E-state index in [1.54, 1.807) is 0 Å². The molecule has 76 valence electrons. The zero-order valence-electron chi connectivity index (χ0n) is 7.57. The Hall–Kier alpha value is -1.85. The molecule has 0 aromatic carbocycles. The largest absolute Gasteiger partial charge is 0.480 e. The predicted molar refractivity (Wildman–Crippen MR) is 44.3 cm³/mol. The number of hydrogen-bond acceptors (Lipinski definition) is 4. The summed E-state index contributed by atoms with van der Waals surface area (Å²) in [5, 5.41) is 8.66. The number of halogens is 1. The van der Waals surface area contributed by atoms with Crippen molar-refractivity contribution in [3.05, 3.63) is 17.4 Å². The van der Waals surface area contributed by atoms with Crippen molar-refractivity contribution in [2.75, 3.05) is 14.2 Å². The number of carbonyl (C=O) groups is 1. The summed E-state index contributed by atoms with van der Waals surface area (Å²) in [6.45, 7) is 0. The molecule has 0 radical (unpaired) electrons. The van der Waals surface area contributed by atoms with Crippen molar-refractivity contribution in [3.8, 4) is 11.8 Å². The summed E-state index contributed by atoms with van der Waals surface area (Å²) in [6.07, 6.45) is 0. The van der Waals surface area contributed by atoms with E-state index in [0.29, 0.717) is 0 Å². The molecule has 0 atom stereocenters. The maximum atomic E-state index is 13.0. The van der Waals surface area contributed by atoms with Gasteiger partial charge in [-0.15, -0.1) is 0 Å². The molecule has 1 heterocycles. The van der Waals surface area contributed by atoms with E-state index in [4.69, 9.17) is 5.11 Å². The van der Waals surface area contributed by atoms with Gasteiger partial charge in [-0.1, -0.05) is 0 Å². The molecule has 14 heavy (non-hydrogen) atoms. The van der Waals surface area contributed by atoms with Crippen LogP contribution in [0.25, 0.3) is 0 Å². The molecule has 0 aliphatic heterocycles. The van der Waals surface area contributed by atoms with Crippen LogP contribution in [-0.4, -0.2) is 30.3 Å². The highest BCUT2D eigenvalue weighted by molar-refractivity contribution is 5.90. The van der Waals surface area contributed by atoms with Crippen molar-refractivity contribution in [3.63, 3.8) is 0 Å². The van der Waals surface area contributed by atoms with E-state index < -0.39 is 11.8 Å². The van der Waals surface area contributed by atoms with Gasteiger partial charge in [-0.3, -0.25) is 0 Å². The third kappa shape index (κ3) is 1.73. The van der Waals surface area contributed by atoms with Gasteiger partial charge in [-0.05, 0) is 6.07 Å². The highest BCUT2D eigenvalue weighted by Crippen LogP contribution is 2.23. The molecule has 6 heteroatoms. The van der Waals surface area contributed by atoms with E-state index in [0.717, 1.165) is 6.07 Å². The minimum atomic E-state index is -1.31.